The Morgan fingerprint density at radius 3 is 0.942 bits per heavy atom. The fourth-order valence-corrected chi connectivity index (χ4v) is 15.9. The zero-order valence-electron chi connectivity index (χ0n) is 76.3. The molecule has 30 atom stereocenters. The molecule has 778 valence electrons. The molecule has 6 fully saturated rings. The number of hydrogen-bond acceptors (Lipinski definition) is 41. The predicted octanol–water partition coefficient (Wildman–Crippen LogP) is -9.25. The minimum atomic E-state index is -2.00. The van der Waals surface area contributed by atoms with E-state index in [0.29, 0.717) is 120 Å². The average Bonchev–Trinajstić information content (AvgIpc) is 0.774. The van der Waals surface area contributed by atoms with Crippen molar-refractivity contribution in [3.63, 3.8) is 0 Å². The maximum atomic E-state index is 12.8. The van der Waals surface area contributed by atoms with Crippen molar-refractivity contribution in [1.82, 2.24) is 42.5 Å². The first-order chi connectivity index (χ1) is 65.6. The van der Waals surface area contributed by atoms with Crippen molar-refractivity contribution < 1.29 is 206 Å². The second-order valence-electron chi connectivity index (χ2n) is 34.0. The summed E-state index contributed by atoms with van der Waals surface area (Å²) in [6.07, 6.45) is -39.2. The Balaban J connectivity index is 0.601. The molecule has 6 aliphatic heterocycles. The Bertz CT molecular complexity index is 3990. The van der Waals surface area contributed by atoms with Gasteiger partial charge in [0.1, 0.15) is 158 Å². The molecular weight excluding hydrogens is 1830 g/mol. The number of benzene rings is 2. The van der Waals surface area contributed by atoms with Crippen molar-refractivity contribution in [2.45, 2.75) is 314 Å². The molecule has 0 spiro atoms. The van der Waals surface area contributed by atoms with Crippen molar-refractivity contribution in [1.29, 1.82) is 0 Å². The van der Waals surface area contributed by atoms with Crippen LogP contribution < -0.4 is 52.0 Å². The smallest absolute Gasteiger partial charge is 0.335 e. The third kappa shape index (κ3) is 35.3. The van der Waals surface area contributed by atoms with Crippen LogP contribution in [0.2, 0.25) is 0 Å². The molecule has 0 radical (unpaired) electrons. The molecule has 50 heteroatoms. The molecule has 50 nitrogen and oxygen atoms in total. The number of carboxylic acid groups (broad SMARTS) is 1. The number of aromatic carboxylic acids is 1. The van der Waals surface area contributed by atoms with Gasteiger partial charge in [-0.1, -0.05) is 37.8 Å². The van der Waals surface area contributed by atoms with Crippen LogP contribution in [-0.4, -0.2) is 440 Å². The maximum Gasteiger partial charge on any atom is 0.335 e. The van der Waals surface area contributed by atoms with Gasteiger partial charge in [-0.25, -0.2) is 4.79 Å². The Hall–Kier alpha value is -7.93. The van der Waals surface area contributed by atoms with Crippen molar-refractivity contribution in [3.05, 3.63) is 48.0 Å². The molecular formula is C87H138N8O42. The zero-order chi connectivity index (χ0) is 100.0. The minimum absolute atomic E-state index is 0.0648. The van der Waals surface area contributed by atoms with Gasteiger partial charge in [-0.15, -0.1) is 0 Å². The molecule has 0 aliphatic carbocycles. The van der Waals surface area contributed by atoms with Crippen LogP contribution in [0.15, 0.2) is 42.5 Å². The van der Waals surface area contributed by atoms with E-state index in [1.54, 1.807) is 30.3 Å². The van der Waals surface area contributed by atoms with Gasteiger partial charge in [0, 0.05) is 78.8 Å². The van der Waals surface area contributed by atoms with E-state index in [1.165, 1.54) is 12.1 Å². The number of rotatable bonds is 58. The monoisotopic (exact) mass is 1970 g/mol. The van der Waals surface area contributed by atoms with E-state index < -0.39 is 254 Å². The lowest BCUT2D eigenvalue weighted by atomic mass is 9.95. The van der Waals surface area contributed by atoms with Crippen LogP contribution in [0, 0.1) is 0 Å². The van der Waals surface area contributed by atoms with Crippen LogP contribution in [0.3, 0.4) is 0 Å². The molecule has 0 saturated carbocycles. The zero-order valence-corrected chi connectivity index (χ0v) is 76.3. The average molecular weight is 1970 g/mol. The molecule has 2 aromatic carbocycles. The summed E-state index contributed by atoms with van der Waals surface area (Å²) >= 11 is 0. The van der Waals surface area contributed by atoms with Crippen LogP contribution >= 0.6 is 0 Å². The van der Waals surface area contributed by atoms with Crippen LogP contribution in [0.4, 0.5) is 0 Å². The summed E-state index contributed by atoms with van der Waals surface area (Å²) in [6.45, 7) is -1.73. The summed E-state index contributed by atoms with van der Waals surface area (Å²) in [4.78, 5) is 112. The van der Waals surface area contributed by atoms with E-state index in [0.717, 1.165) is 13.8 Å². The lowest BCUT2D eigenvalue weighted by Gasteiger charge is -2.48. The van der Waals surface area contributed by atoms with Gasteiger partial charge in [0.2, 0.25) is 35.4 Å². The van der Waals surface area contributed by atoms with Crippen LogP contribution in [-0.2, 0) is 95.2 Å². The molecule has 137 heavy (non-hydrogen) atoms. The normalized spacial score (nSPS) is 31.6. The van der Waals surface area contributed by atoms with Crippen molar-refractivity contribution in [3.8, 4) is 22.6 Å². The quantitative estimate of drug-likeness (QED) is 0.0274. The van der Waals surface area contributed by atoms with Gasteiger partial charge >= 0.3 is 5.97 Å². The van der Waals surface area contributed by atoms with E-state index in [-0.39, 0.29) is 112 Å². The number of amides is 8. The molecule has 8 amide bonds. The van der Waals surface area contributed by atoms with Crippen LogP contribution in [0.5, 0.6) is 11.5 Å². The number of carbonyl (C=O) groups is 9. The number of unbranched alkanes of at least 4 members (excludes halogenated alkanes) is 8. The molecule has 0 bridgehead atoms. The first-order valence-electron chi connectivity index (χ1n) is 46.1. The van der Waals surface area contributed by atoms with E-state index in [4.69, 9.17) is 66.3 Å². The third-order valence-electron chi connectivity index (χ3n) is 23.5. The summed E-state index contributed by atoms with van der Waals surface area (Å²) in [6, 6.07) is 8.19. The number of hydrogen-bond donors (Lipinski definition) is 27. The number of aliphatic hydroxyl groups excluding tert-OH is 18. The highest BCUT2D eigenvalue weighted by atomic mass is 16.8. The Kier molecular flexibility index (Phi) is 49.3. The molecule has 6 saturated heterocycles. The van der Waals surface area contributed by atoms with Crippen molar-refractivity contribution >= 4 is 53.2 Å². The summed E-state index contributed by atoms with van der Waals surface area (Å²) < 4.78 is 79.8. The van der Waals surface area contributed by atoms with Gasteiger partial charge in [0.15, 0.2) is 51.0 Å². The molecule has 2 aromatic rings. The summed E-state index contributed by atoms with van der Waals surface area (Å²) in [5.74, 6) is -3.57. The summed E-state index contributed by atoms with van der Waals surface area (Å²) in [7, 11) is 0. The van der Waals surface area contributed by atoms with E-state index in [1.807, 2.05) is 0 Å². The van der Waals surface area contributed by atoms with E-state index >= 15 is 0 Å². The number of nitrogens with one attached hydrogen (secondary N) is 8. The maximum absolute atomic E-state index is 12.8. The highest BCUT2D eigenvalue weighted by Crippen LogP contribution is 2.37. The van der Waals surface area contributed by atoms with Gasteiger partial charge < -0.3 is 206 Å². The van der Waals surface area contributed by atoms with Gasteiger partial charge in [0.05, 0.1) is 58.4 Å². The Morgan fingerprint density at radius 1 is 0.299 bits per heavy atom. The number of carboxylic acids is 1. The fourth-order valence-electron chi connectivity index (χ4n) is 15.9. The predicted molar refractivity (Wildman–Crippen MR) is 464 cm³/mol. The molecule has 27 N–H and O–H groups in total. The SMILES string of the molecule is CC(=O)N[C@H]1[C@H](OCCCNC(=O)CCCCCNC(=O)CCCCCNC(=O)COc2ccc(-c3cc(OCC(=O)NCCCCCC(=O)NCCCCCC(=O)NCCCO[C@@H]4O[C@H](CO)[C@@H](O[C@@H]5O[C@H](CO)[C@H](O)[C@H](O[C@H]6O[C@H](CO)[C@H](O)[C@H](O)[C@H]6O)[C@H]5O)[C@H](O)[C@H]4NC(C)=O)cc(C(=O)O)c3)cc2)O[C@H](CO)[C@@H](O[C@@H]2O[C@H](CO)[C@H](O)[C@H](O[C@H]3O[C@H](CO)[C@H](O)[C@H](O)[C@H]3O)[C@H]2O)[C@@H]1O. The second-order valence-corrected chi connectivity index (χ2v) is 34.0. The van der Waals surface area contributed by atoms with E-state index in [2.05, 4.69) is 42.5 Å². The van der Waals surface area contributed by atoms with Gasteiger partial charge in [0.25, 0.3) is 11.8 Å². The molecule has 0 aromatic heterocycles. The first-order valence-corrected chi connectivity index (χ1v) is 46.1. The number of aliphatic hydroxyl groups is 18. The molecule has 6 heterocycles. The summed E-state index contributed by atoms with van der Waals surface area (Å²) in [5.41, 5.74) is 0.974. The van der Waals surface area contributed by atoms with Crippen molar-refractivity contribution in [2.75, 3.05) is 105 Å². The van der Waals surface area contributed by atoms with Crippen LogP contribution in [0.1, 0.15) is 140 Å². The number of carbonyl (C=O) groups excluding carboxylic acids is 8. The Morgan fingerprint density at radius 2 is 0.606 bits per heavy atom. The van der Waals surface area contributed by atoms with Gasteiger partial charge in [-0.3, -0.25) is 38.4 Å². The van der Waals surface area contributed by atoms with Crippen molar-refractivity contribution in [2.24, 2.45) is 0 Å². The summed E-state index contributed by atoms with van der Waals surface area (Å²) in [5, 5.41) is 221. The first kappa shape index (κ1) is 114. The number of ether oxygens (including phenoxy) is 14. The third-order valence-corrected chi connectivity index (χ3v) is 23.5. The Labute approximate surface area is 788 Å². The van der Waals surface area contributed by atoms with Gasteiger partial charge in [-0.05, 0) is 106 Å². The topological polar surface area (TPSA) is 763 Å². The second kappa shape index (κ2) is 59.1. The highest BCUT2D eigenvalue weighted by Gasteiger charge is 2.57. The van der Waals surface area contributed by atoms with E-state index in [9.17, 15) is 140 Å². The minimum Gasteiger partial charge on any atom is -0.484 e. The fraction of sp³-hybridized carbons (Fsp3) is 0.759. The highest BCUT2D eigenvalue weighted by molar-refractivity contribution is 5.90. The lowest BCUT2D eigenvalue weighted by Crippen LogP contribution is -2.68. The lowest BCUT2D eigenvalue weighted by molar-refractivity contribution is -0.376. The van der Waals surface area contributed by atoms with Crippen LogP contribution in [0.25, 0.3) is 11.1 Å². The standard InChI is InChI=1S/C87H138N8O42/c1-44(102)94-63-69(114)77(134-86-75(120)79(67(112)53(38-98)130-86)136-84-73(118)71(116)65(110)51(36-96)128-84)55(40-100)132-82(63)124-31-15-29-90-59(106)19-7-3-11-25-88-57(104)17-9-5-13-27-92-61(108)42-126-49-23-21-46(22-24-49)47-33-48(81(122)123)35-50(34-47)127-43-62(109)93-28-14-6-10-18-58(105)89-26-12-4-8-20-60(107)91-30-16-32-125-83-64(95-45(2)103)70(115)78(56(41-101)133-83)135-87-76(121)80(68(113)54(39-99)131-87)137-85-74(119)72(117)66(111)52(37-97)129-85/h21-24,33-35,51-56,63-80,82-87,96-101,110-121H,3-20,25-32,36-43H2,1-2H3,(H,88,104)(H,89,105)(H,90,106)(H,91,107)(H,92,108)(H,93,109)(H,94,102)(H,95,103)(H,122,123)/t51-,52-,53-,54-,55-,56-,63-,64-,65+,66+,67+,68+,69-,70-,71+,72+,73-,74-,75-,76-,77-,78-,79+,80+,82-,83-,84-,85-,86+,87+/m1/s1. The molecule has 0 unspecified atom stereocenters. The largest absolute Gasteiger partial charge is 0.484 e. The molecule has 6 aliphatic rings. The van der Waals surface area contributed by atoms with Gasteiger partial charge in [-0.2, -0.15) is 0 Å². The molecule has 8 rings (SSSR count).